The van der Waals surface area contributed by atoms with E-state index < -0.39 is 0 Å². The highest BCUT2D eigenvalue weighted by molar-refractivity contribution is 5.01. The molecule has 2 atom stereocenters. The van der Waals surface area contributed by atoms with Crippen LogP contribution < -0.4 is 10.6 Å². The maximum atomic E-state index is 3.34. The van der Waals surface area contributed by atoms with Gasteiger partial charge < -0.3 is 10.6 Å². The van der Waals surface area contributed by atoms with E-state index in [2.05, 4.69) is 151 Å². The van der Waals surface area contributed by atoms with E-state index in [1.165, 1.54) is 78.3 Å². The highest BCUT2D eigenvalue weighted by Gasteiger charge is 2.44. The number of fused-ring (bicyclic) bond motifs is 2. The molecular weight excluding hydrogens is 592 g/mol. The predicted octanol–water partition coefficient (Wildman–Crippen LogP) is 5.78. The van der Waals surface area contributed by atoms with E-state index >= 15 is 0 Å². The van der Waals surface area contributed by atoms with Crippen molar-refractivity contribution in [3.05, 3.63) is 0 Å². The Hall–Kier alpha value is -0.320. The Labute approximate surface area is 302 Å². The van der Waals surface area contributed by atoms with Crippen molar-refractivity contribution in [2.75, 3.05) is 78.5 Å². The number of nitrogens with zero attached hydrogens (tertiary/aromatic N) is 6. The van der Waals surface area contributed by atoms with Crippen molar-refractivity contribution in [1.29, 1.82) is 0 Å². The zero-order valence-electron chi connectivity index (χ0n) is 35.4. The average Bonchev–Trinajstić information content (AvgIpc) is 3.53. The number of nitrogens with one attached hydrogen (secondary N) is 2. The van der Waals surface area contributed by atoms with Crippen LogP contribution in [-0.4, -0.2) is 168 Å². The molecule has 0 aromatic carbocycles. The second-order valence-corrected chi connectivity index (χ2v) is 17.2. The second kappa shape index (κ2) is 24.0. The molecule has 2 unspecified atom stereocenters. The maximum absolute atomic E-state index is 3.34. The van der Waals surface area contributed by atoms with Gasteiger partial charge in [-0.05, 0) is 109 Å². The molecule has 4 fully saturated rings. The number of rotatable bonds is 11. The topological polar surface area (TPSA) is 43.5 Å². The summed E-state index contributed by atoms with van der Waals surface area (Å²) in [6, 6.07) is 7.27. The average molecular weight is 681 g/mol. The fraction of sp³-hybridized carbons (Fsp3) is 1.00. The number of hydrogen-bond acceptors (Lipinski definition) is 8. The van der Waals surface area contributed by atoms with E-state index in [9.17, 15) is 0 Å². The van der Waals surface area contributed by atoms with Crippen LogP contribution in [0, 0.1) is 0 Å². The Morgan fingerprint density at radius 3 is 0.875 bits per heavy atom. The minimum Gasteiger partial charge on any atom is -0.313 e. The Bertz CT molecular complexity index is 713. The normalized spacial score (nSPS) is 23.8. The summed E-state index contributed by atoms with van der Waals surface area (Å²) in [5, 5.41) is 6.68. The summed E-state index contributed by atoms with van der Waals surface area (Å²) < 4.78 is 0. The summed E-state index contributed by atoms with van der Waals surface area (Å²) in [6.07, 6.45) is 2.74. The lowest BCUT2D eigenvalue weighted by Crippen LogP contribution is -2.50. The van der Waals surface area contributed by atoms with E-state index in [0.717, 1.165) is 49.3 Å². The highest BCUT2D eigenvalue weighted by Crippen LogP contribution is 2.33. The quantitative estimate of drug-likeness (QED) is 0.267. The Morgan fingerprint density at radius 1 is 0.396 bits per heavy atom. The fourth-order valence-electron chi connectivity index (χ4n) is 7.48. The van der Waals surface area contributed by atoms with Gasteiger partial charge in [-0.1, -0.05) is 27.7 Å². The van der Waals surface area contributed by atoms with Crippen LogP contribution >= 0.6 is 0 Å². The van der Waals surface area contributed by atoms with Crippen LogP contribution in [0.3, 0.4) is 0 Å². The lowest BCUT2D eigenvalue weighted by Gasteiger charge is -2.38. The minimum atomic E-state index is 0.606. The van der Waals surface area contributed by atoms with Crippen molar-refractivity contribution in [3.63, 3.8) is 0 Å². The molecule has 0 aromatic rings. The molecule has 4 rings (SSSR count). The molecule has 8 nitrogen and oxygen atoms in total. The molecule has 0 amide bonds. The molecule has 0 radical (unpaired) electrons. The van der Waals surface area contributed by atoms with Crippen LogP contribution in [0.15, 0.2) is 0 Å². The molecule has 4 aliphatic heterocycles. The standard InChI is InChI=1S/C11H22N2.C11H24N2.C10H22N2.C8H20N2/c1-8(2)12-6-11-5-10(12)7-13(11)9(3)4;1-10(2)12-6-5-7-13(9-8-12)11(3)4;1-9(2)11-5-7-12(8-6-11)10(3)4;1-7(2)9-5-6-10-8(3)4/h8-11H,5-7H2,1-4H3;10-11H,5-9H2,1-4H3;9-10H,5-8H2,1-4H3;7-10H,5-6H2,1-4H3. The van der Waals surface area contributed by atoms with Crippen molar-refractivity contribution < 1.29 is 0 Å². The van der Waals surface area contributed by atoms with Crippen molar-refractivity contribution >= 4 is 0 Å². The van der Waals surface area contributed by atoms with Crippen molar-refractivity contribution in [2.45, 2.75) is 184 Å². The van der Waals surface area contributed by atoms with E-state index in [1.807, 2.05) is 0 Å². The molecule has 4 heterocycles. The second-order valence-electron chi connectivity index (χ2n) is 17.2. The van der Waals surface area contributed by atoms with Gasteiger partial charge in [0.2, 0.25) is 0 Å². The molecule has 288 valence electrons. The lowest BCUT2D eigenvalue weighted by atomic mass is 10.2. The summed E-state index contributed by atoms with van der Waals surface area (Å²) in [4.78, 5) is 15.6. The van der Waals surface area contributed by atoms with Gasteiger partial charge in [-0.15, -0.1) is 0 Å². The Kier molecular flexibility index (Phi) is 22.9. The first-order valence-corrected chi connectivity index (χ1v) is 20.4. The molecule has 2 bridgehead atoms. The largest absolute Gasteiger partial charge is 0.313 e. The van der Waals surface area contributed by atoms with Crippen LogP contribution in [-0.2, 0) is 0 Å². The van der Waals surface area contributed by atoms with Gasteiger partial charge in [-0.2, -0.15) is 0 Å². The van der Waals surface area contributed by atoms with Crippen molar-refractivity contribution in [1.82, 2.24) is 40.0 Å². The molecule has 8 heteroatoms. The van der Waals surface area contributed by atoms with Gasteiger partial charge in [0.05, 0.1) is 0 Å². The molecule has 0 spiro atoms. The van der Waals surface area contributed by atoms with Crippen LogP contribution in [0.4, 0.5) is 0 Å². The predicted molar refractivity (Wildman–Crippen MR) is 214 cm³/mol. The summed E-state index contributed by atoms with van der Waals surface area (Å²) in [5.74, 6) is 0. The van der Waals surface area contributed by atoms with Gasteiger partial charge >= 0.3 is 0 Å². The van der Waals surface area contributed by atoms with Gasteiger partial charge in [0.25, 0.3) is 0 Å². The molecule has 0 aliphatic carbocycles. The SMILES string of the molecule is CC(C)N1CC2CC1CN2C(C)C.CC(C)N1CCCN(C(C)C)CC1.CC(C)N1CCN(C(C)C)CC1.CC(C)NCCNC(C)C. The number of hydrogen-bond donors (Lipinski definition) is 2. The first-order valence-electron chi connectivity index (χ1n) is 20.4. The van der Waals surface area contributed by atoms with Crippen LogP contribution in [0.5, 0.6) is 0 Å². The minimum absolute atomic E-state index is 0.606. The summed E-state index contributed by atoms with van der Waals surface area (Å²) in [5.41, 5.74) is 0. The monoisotopic (exact) mass is 681 g/mol. The fourth-order valence-corrected chi connectivity index (χ4v) is 7.48. The zero-order valence-corrected chi connectivity index (χ0v) is 35.4. The number of likely N-dealkylation sites (tertiary alicyclic amines) is 2. The van der Waals surface area contributed by atoms with E-state index in [-0.39, 0.29) is 0 Å². The third-order valence-electron chi connectivity index (χ3n) is 10.7. The molecule has 0 aromatic heterocycles. The van der Waals surface area contributed by atoms with Crippen LogP contribution in [0.2, 0.25) is 0 Å². The van der Waals surface area contributed by atoms with E-state index in [4.69, 9.17) is 0 Å². The van der Waals surface area contributed by atoms with E-state index in [1.54, 1.807) is 0 Å². The first kappa shape index (κ1) is 45.7. The van der Waals surface area contributed by atoms with Crippen molar-refractivity contribution in [2.24, 2.45) is 0 Å². The summed E-state index contributed by atoms with van der Waals surface area (Å²) in [7, 11) is 0. The van der Waals surface area contributed by atoms with Crippen LogP contribution in [0.25, 0.3) is 0 Å². The van der Waals surface area contributed by atoms with Gasteiger partial charge in [0.1, 0.15) is 0 Å². The third-order valence-corrected chi connectivity index (χ3v) is 10.7. The molecule has 48 heavy (non-hydrogen) atoms. The van der Waals surface area contributed by atoms with Crippen LogP contribution in [0.1, 0.15) is 124 Å². The van der Waals surface area contributed by atoms with Crippen molar-refractivity contribution in [3.8, 4) is 0 Å². The highest BCUT2D eigenvalue weighted by atomic mass is 15.4. The lowest BCUT2D eigenvalue weighted by molar-refractivity contribution is 0.0849. The Morgan fingerprint density at radius 2 is 0.667 bits per heavy atom. The van der Waals surface area contributed by atoms with E-state index in [0.29, 0.717) is 24.2 Å². The molecular formula is C40H88N8. The molecule has 2 N–H and O–H groups in total. The third kappa shape index (κ3) is 17.7. The Balaban J connectivity index is 0.000000322. The first-order chi connectivity index (χ1) is 22.4. The van der Waals surface area contributed by atoms with Gasteiger partial charge in [-0.3, -0.25) is 29.4 Å². The number of piperazine rings is 2. The zero-order chi connectivity index (χ0) is 36.6. The molecule has 4 aliphatic rings. The maximum Gasteiger partial charge on any atom is 0.0242 e. The molecule has 4 saturated heterocycles. The van der Waals surface area contributed by atoms with Gasteiger partial charge in [-0.25, -0.2) is 0 Å². The summed E-state index contributed by atoms with van der Waals surface area (Å²) in [6.45, 7) is 51.0. The van der Waals surface area contributed by atoms with Gasteiger partial charge in [0.15, 0.2) is 0 Å². The van der Waals surface area contributed by atoms with Gasteiger partial charge in [0, 0.05) is 126 Å². The molecule has 0 saturated carbocycles. The smallest absolute Gasteiger partial charge is 0.0242 e. The summed E-state index contributed by atoms with van der Waals surface area (Å²) >= 11 is 0.